The number of halogens is 1. The number of thioether (sulfide) groups is 1. The molecule has 0 aliphatic carbocycles. The van der Waals surface area contributed by atoms with Crippen molar-refractivity contribution in [3.05, 3.63) is 92.9 Å². The molecule has 0 saturated carbocycles. The first-order valence-electron chi connectivity index (χ1n) is 9.76. The van der Waals surface area contributed by atoms with E-state index in [1.807, 2.05) is 66.3 Å². The lowest BCUT2D eigenvalue weighted by molar-refractivity contribution is 0.0942. The highest BCUT2D eigenvalue weighted by Crippen LogP contribution is 2.30. The zero-order valence-corrected chi connectivity index (χ0v) is 19.5. The van der Waals surface area contributed by atoms with Crippen molar-refractivity contribution in [2.45, 2.75) is 30.8 Å². The largest absolute Gasteiger partial charge is 0.342 e. The number of nitrogens with one attached hydrogen (secondary N) is 1. The van der Waals surface area contributed by atoms with Crippen LogP contribution in [-0.2, 0) is 5.75 Å². The van der Waals surface area contributed by atoms with Crippen LogP contribution in [0.2, 0.25) is 5.02 Å². The van der Waals surface area contributed by atoms with Gasteiger partial charge in [0.1, 0.15) is 0 Å². The van der Waals surface area contributed by atoms with Crippen molar-refractivity contribution in [3.8, 4) is 5.69 Å². The Labute approximate surface area is 194 Å². The van der Waals surface area contributed by atoms with Crippen LogP contribution in [0.5, 0.6) is 0 Å². The highest BCUT2D eigenvalue weighted by atomic mass is 35.5. The summed E-state index contributed by atoms with van der Waals surface area (Å²) < 4.78 is 1.99. The van der Waals surface area contributed by atoms with Crippen LogP contribution in [0.25, 0.3) is 5.69 Å². The van der Waals surface area contributed by atoms with Gasteiger partial charge in [-0.25, -0.2) is 0 Å². The third-order valence-corrected chi connectivity index (χ3v) is 6.86. The summed E-state index contributed by atoms with van der Waals surface area (Å²) in [6.07, 6.45) is 0. The fraction of sp³-hybridized carbons (Fsp3) is 0.174. The summed E-state index contributed by atoms with van der Waals surface area (Å²) in [5, 5.41) is 15.2. The fourth-order valence-electron chi connectivity index (χ4n) is 3.17. The second-order valence-electron chi connectivity index (χ2n) is 7.05. The Bertz CT molecular complexity index is 1180. The highest BCUT2D eigenvalue weighted by molar-refractivity contribution is 7.98. The van der Waals surface area contributed by atoms with E-state index in [4.69, 9.17) is 11.6 Å². The molecule has 2 heterocycles. The molecule has 2 aromatic carbocycles. The average molecular weight is 469 g/mol. The average Bonchev–Trinajstić information content (AvgIpc) is 3.45. The molecule has 1 atom stereocenters. The predicted molar refractivity (Wildman–Crippen MR) is 127 cm³/mol. The van der Waals surface area contributed by atoms with Crippen LogP contribution < -0.4 is 5.32 Å². The Morgan fingerprint density at radius 2 is 1.97 bits per heavy atom. The molecule has 0 spiro atoms. The van der Waals surface area contributed by atoms with E-state index in [-0.39, 0.29) is 11.9 Å². The molecule has 5 nitrogen and oxygen atoms in total. The second kappa shape index (κ2) is 9.68. The maximum absolute atomic E-state index is 12.6. The van der Waals surface area contributed by atoms with Crippen LogP contribution in [0.4, 0.5) is 0 Å². The van der Waals surface area contributed by atoms with Crippen LogP contribution in [0, 0.1) is 6.92 Å². The van der Waals surface area contributed by atoms with Crippen LogP contribution >= 0.6 is 34.7 Å². The maximum atomic E-state index is 12.6. The topological polar surface area (TPSA) is 59.8 Å². The molecule has 0 radical (unpaired) electrons. The van der Waals surface area contributed by atoms with Gasteiger partial charge in [-0.15, -0.1) is 21.5 Å². The molecular weight excluding hydrogens is 448 g/mol. The van der Waals surface area contributed by atoms with Crippen molar-refractivity contribution in [1.82, 2.24) is 20.1 Å². The van der Waals surface area contributed by atoms with Crippen molar-refractivity contribution in [3.63, 3.8) is 0 Å². The Kier molecular flexibility index (Phi) is 6.75. The monoisotopic (exact) mass is 468 g/mol. The van der Waals surface area contributed by atoms with Crippen LogP contribution in [-0.4, -0.2) is 20.7 Å². The van der Waals surface area contributed by atoms with E-state index in [1.54, 1.807) is 17.8 Å². The van der Waals surface area contributed by atoms with Gasteiger partial charge in [0.25, 0.3) is 5.91 Å². The van der Waals surface area contributed by atoms with Crippen molar-refractivity contribution < 1.29 is 4.79 Å². The molecule has 1 N–H and O–H groups in total. The summed E-state index contributed by atoms with van der Waals surface area (Å²) in [4.78, 5) is 13.3. The minimum atomic E-state index is -0.341. The molecule has 1 unspecified atom stereocenters. The van der Waals surface area contributed by atoms with Crippen LogP contribution in [0.1, 0.15) is 39.6 Å². The standard InChI is InChI=1S/C23H21ClN4OS2/c1-15-10-11-18(24)13-19(15)28-21(16(2)25-22(29)20-9-6-12-30-20)26-27-23(28)31-14-17-7-4-3-5-8-17/h3-13,16H,14H2,1-2H3,(H,25,29). The first-order chi connectivity index (χ1) is 15.0. The van der Waals surface area contributed by atoms with Crippen molar-refractivity contribution in [1.29, 1.82) is 0 Å². The third-order valence-electron chi connectivity index (χ3n) is 4.76. The molecule has 4 rings (SSSR count). The van der Waals surface area contributed by atoms with Gasteiger partial charge in [0, 0.05) is 10.8 Å². The summed E-state index contributed by atoms with van der Waals surface area (Å²) in [7, 11) is 0. The predicted octanol–water partition coefficient (Wildman–Crippen LogP) is 6.07. The number of hydrogen-bond acceptors (Lipinski definition) is 5. The van der Waals surface area contributed by atoms with Gasteiger partial charge >= 0.3 is 0 Å². The van der Waals surface area contributed by atoms with Gasteiger partial charge in [-0.2, -0.15) is 0 Å². The second-order valence-corrected chi connectivity index (χ2v) is 9.38. The molecule has 1 amide bonds. The molecule has 31 heavy (non-hydrogen) atoms. The smallest absolute Gasteiger partial charge is 0.261 e. The highest BCUT2D eigenvalue weighted by Gasteiger charge is 2.23. The zero-order chi connectivity index (χ0) is 21.8. The van der Waals surface area contributed by atoms with E-state index < -0.39 is 0 Å². The summed E-state index contributed by atoms with van der Waals surface area (Å²) in [6, 6.07) is 19.3. The Morgan fingerprint density at radius 3 is 2.71 bits per heavy atom. The van der Waals surface area contributed by atoms with Gasteiger partial charge in [0.2, 0.25) is 0 Å². The molecule has 0 saturated heterocycles. The summed E-state index contributed by atoms with van der Waals surface area (Å²) in [6.45, 7) is 3.94. The van der Waals surface area contributed by atoms with E-state index >= 15 is 0 Å². The fourth-order valence-corrected chi connectivity index (χ4v) is 4.87. The first kappa shape index (κ1) is 21.6. The lowest BCUT2D eigenvalue weighted by Crippen LogP contribution is -2.28. The third kappa shape index (κ3) is 5.01. The Morgan fingerprint density at radius 1 is 1.16 bits per heavy atom. The van der Waals surface area contributed by atoms with Gasteiger partial charge in [-0.05, 0) is 48.6 Å². The maximum Gasteiger partial charge on any atom is 0.261 e. The van der Waals surface area contributed by atoms with Gasteiger partial charge in [0.15, 0.2) is 11.0 Å². The lowest BCUT2D eigenvalue weighted by Gasteiger charge is -2.17. The van der Waals surface area contributed by atoms with Gasteiger partial charge < -0.3 is 5.32 Å². The molecule has 4 aromatic rings. The van der Waals surface area contributed by atoms with Gasteiger partial charge in [0.05, 0.1) is 16.6 Å². The van der Waals surface area contributed by atoms with E-state index in [0.29, 0.717) is 15.7 Å². The number of hydrogen-bond donors (Lipinski definition) is 1. The zero-order valence-electron chi connectivity index (χ0n) is 17.1. The Balaban J connectivity index is 1.68. The number of thiophene rings is 1. The quantitative estimate of drug-likeness (QED) is 0.334. The SMILES string of the molecule is Cc1ccc(Cl)cc1-n1c(SCc2ccccc2)nnc1C(C)NC(=O)c1cccs1. The van der Waals surface area contributed by atoms with E-state index in [2.05, 4.69) is 27.6 Å². The van der Waals surface area contributed by atoms with Crippen LogP contribution in [0.15, 0.2) is 71.2 Å². The Hall–Kier alpha value is -2.61. The van der Waals surface area contributed by atoms with Crippen molar-refractivity contribution in [2.75, 3.05) is 0 Å². The molecule has 0 bridgehead atoms. The van der Waals surface area contributed by atoms with Gasteiger partial charge in [-0.3, -0.25) is 9.36 Å². The van der Waals surface area contributed by atoms with E-state index in [1.165, 1.54) is 16.9 Å². The molecule has 8 heteroatoms. The summed E-state index contributed by atoms with van der Waals surface area (Å²) in [5.74, 6) is 1.29. The number of carbonyl (C=O) groups excluding carboxylic acids is 1. The molecule has 0 aliphatic rings. The number of aryl methyl sites for hydroxylation is 1. The van der Waals surface area contributed by atoms with Crippen LogP contribution in [0.3, 0.4) is 0 Å². The minimum absolute atomic E-state index is 0.127. The first-order valence-corrected chi connectivity index (χ1v) is 12.0. The number of nitrogens with zero attached hydrogens (tertiary/aromatic N) is 3. The normalized spacial score (nSPS) is 12.0. The molecule has 0 aliphatic heterocycles. The van der Waals surface area contributed by atoms with Crippen molar-refractivity contribution in [2.24, 2.45) is 0 Å². The van der Waals surface area contributed by atoms with Gasteiger partial charge in [-0.1, -0.05) is 65.8 Å². The molecule has 2 aromatic heterocycles. The molecule has 158 valence electrons. The summed E-state index contributed by atoms with van der Waals surface area (Å²) in [5.41, 5.74) is 3.15. The lowest BCUT2D eigenvalue weighted by atomic mass is 10.2. The number of carbonyl (C=O) groups is 1. The minimum Gasteiger partial charge on any atom is -0.342 e. The number of amides is 1. The van der Waals surface area contributed by atoms with E-state index in [9.17, 15) is 4.79 Å². The summed E-state index contributed by atoms with van der Waals surface area (Å²) >= 11 is 9.32. The molecular formula is C23H21ClN4OS2. The van der Waals surface area contributed by atoms with E-state index in [0.717, 1.165) is 22.2 Å². The molecule has 0 fully saturated rings. The number of rotatable bonds is 7. The van der Waals surface area contributed by atoms with Crippen molar-refractivity contribution >= 4 is 40.6 Å². The number of benzene rings is 2. The number of aromatic nitrogens is 3.